The van der Waals surface area contributed by atoms with Crippen molar-refractivity contribution in [3.05, 3.63) is 46.8 Å². The van der Waals surface area contributed by atoms with Crippen molar-refractivity contribution in [3.63, 3.8) is 0 Å². The lowest BCUT2D eigenvalue weighted by Crippen LogP contribution is -2.28. The quantitative estimate of drug-likeness (QED) is 0.835. The van der Waals surface area contributed by atoms with Gasteiger partial charge >= 0.3 is 0 Å². The molecule has 4 N–H and O–H groups in total. The molecule has 0 aliphatic heterocycles. The van der Waals surface area contributed by atoms with E-state index in [9.17, 15) is 9.59 Å². The number of hydrogen-bond donors (Lipinski definition) is 2. The third kappa shape index (κ3) is 2.52. The number of ketones is 1. The van der Waals surface area contributed by atoms with Gasteiger partial charge in [-0.15, -0.1) is 0 Å². The van der Waals surface area contributed by atoms with Crippen molar-refractivity contribution in [1.82, 2.24) is 4.57 Å². The number of nitrogens with two attached hydrogens (primary N) is 2. The molecule has 1 aliphatic rings. The van der Waals surface area contributed by atoms with E-state index in [1.807, 2.05) is 23.8 Å². The Hall–Kier alpha value is -2.56. The maximum atomic E-state index is 12.5. The Bertz CT molecular complexity index is 831. The molecule has 0 saturated heterocycles. The zero-order chi connectivity index (χ0) is 16.9. The first-order valence-electron chi connectivity index (χ1n) is 7.63. The van der Waals surface area contributed by atoms with Gasteiger partial charge in [0.15, 0.2) is 5.78 Å². The second-order valence-corrected chi connectivity index (χ2v) is 7.08. The highest BCUT2D eigenvalue weighted by atomic mass is 16.1. The molecule has 1 aliphatic carbocycles. The van der Waals surface area contributed by atoms with Crippen LogP contribution in [0.15, 0.2) is 24.4 Å². The van der Waals surface area contributed by atoms with Gasteiger partial charge in [0, 0.05) is 35.2 Å². The molecule has 0 atom stereocenters. The van der Waals surface area contributed by atoms with Crippen LogP contribution in [-0.2, 0) is 6.42 Å². The van der Waals surface area contributed by atoms with Gasteiger partial charge in [-0.3, -0.25) is 9.59 Å². The zero-order valence-electron chi connectivity index (χ0n) is 13.6. The van der Waals surface area contributed by atoms with Crippen LogP contribution in [0.2, 0.25) is 0 Å². The third-order valence-corrected chi connectivity index (χ3v) is 4.44. The van der Waals surface area contributed by atoms with Crippen molar-refractivity contribution < 1.29 is 9.59 Å². The van der Waals surface area contributed by atoms with Crippen LogP contribution < -0.4 is 11.5 Å². The van der Waals surface area contributed by atoms with Crippen LogP contribution >= 0.6 is 0 Å². The smallest absolute Gasteiger partial charge is 0.250 e. The number of primary amides is 1. The van der Waals surface area contributed by atoms with Gasteiger partial charge in [0.05, 0.1) is 5.56 Å². The minimum absolute atomic E-state index is 0.0642. The lowest BCUT2D eigenvalue weighted by molar-refractivity contribution is 0.0909. The zero-order valence-corrected chi connectivity index (χ0v) is 13.6. The summed E-state index contributed by atoms with van der Waals surface area (Å²) >= 11 is 0. The average Bonchev–Trinajstić information content (AvgIpc) is 2.73. The number of Topliss-reactive ketones (excluding diaryl/α,β-unsaturated/α-hetero) is 1. The van der Waals surface area contributed by atoms with Crippen molar-refractivity contribution in [2.24, 2.45) is 11.1 Å². The van der Waals surface area contributed by atoms with E-state index in [1.165, 1.54) is 0 Å². The number of anilines is 1. The molecule has 0 bridgehead atoms. The molecule has 120 valence electrons. The maximum absolute atomic E-state index is 12.5. The van der Waals surface area contributed by atoms with Crippen LogP contribution in [0.1, 0.15) is 52.2 Å². The number of carbonyl (C=O) groups excluding carboxylic acids is 2. The molecule has 0 saturated carbocycles. The first-order chi connectivity index (χ1) is 10.7. The van der Waals surface area contributed by atoms with Crippen LogP contribution in [0, 0.1) is 12.3 Å². The molecule has 5 nitrogen and oxygen atoms in total. The maximum Gasteiger partial charge on any atom is 0.250 e. The van der Waals surface area contributed by atoms with E-state index in [0.717, 1.165) is 28.9 Å². The minimum Gasteiger partial charge on any atom is -0.398 e. The fourth-order valence-corrected chi connectivity index (χ4v) is 3.43. The van der Waals surface area contributed by atoms with Crippen molar-refractivity contribution in [1.29, 1.82) is 0 Å². The van der Waals surface area contributed by atoms with E-state index in [-0.39, 0.29) is 11.2 Å². The van der Waals surface area contributed by atoms with Gasteiger partial charge in [-0.1, -0.05) is 13.8 Å². The van der Waals surface area contributed by atoms with Gasteiger partial charge in [-0.2, -0.15) is 0 Å². The summed E-state index contributed by atoms with van der Waals surface area (Å²) in [4.78, 5) is 23.8. The number of nitrogens with zero attached hydrogens (tertiary/aromatic N) is 1. The molecule has 0 spiro atoms. The van der Waals surface area contributed by atoms with Crippen LogP contribution in [0.4, 0.5) is 5.69 Å². The Morgan fingerprint density at radius 3 is 2.57 bits per heavy atom. The van der Waals surface area contributed by atoms with Crippen LogP contribution in [-0.4, -0.2) is 16.3 Å². The SMILES string of the molecule is Cc1cn(-c2ccc(C(N)=O)c(N)c2)c2c1C(=O)CC(C)(C)C2. The van der Waals surface area contributed by atoms with E-state index in [4.69, 9.17) is 11.5 Å². The molecule has 1 aromatic carbocycles. The highest BCUT2D eigenvalue weighted by Crippen LogP contribution is 2.38. The Morgan fingerprint density at radius 1 is 1.26 bits per heavy atom. The molecule has 23 heavy (non-hydrogen) atoms. The third-order valence-electron chi connectivity index (χ3n) is 4.44. The topological polar surface area (TPSA) is 91.1 Å². The van der Waals surface area contributed by atoms with Crippen LogP contribution in [0.5, 0.6) is 0 Å². The van der Waals surface area contributed by atoms with Gasteiger partial charge in [-0.25, -0.2) is 0 Å². The first kappa shape index (κ1) is 15.3. The standard InChI is InChI=1S/C18H21N3O2/c1-10-9-21(11-4-5-12(17(20)23)13(19)6-11)14-7-18(2,3)8-15(22)16(10)14/h4-6,9H,7-8,19H2,1-3H3,(H2,20,23). The molecule has 1 aromatic heterocycles. The molecule has 0 fully saturated rings. The summed E-state index contributed by atoms with van der Waals surface area (Å²) in [5, 5.41) is 0. The molecule has 1 heterocycles. The van der Waals surface area contributed by atoms with Crippen molar-refractivity contribution >= 4 is 17.4 Å². The number of benzene rings is 1. The summed E-state index contributed by atoms with van der Waals surface area (Å²) in [7, 11) is 0. The number of nitrogen functional groups attached to an aromatic ring is 1. The molecule has 1 amide bonds. The summed E-state index contributed by atoms with van der Waals surface area (Å²) in [6, 6.07) is 5.17. The van der Waals surface area contributed by atoms with E-state index >= 15 is 0 Å². The summed E-state index contributed by atoms with van der Waals surface area (Å²) in [5.74, 6) is -0.356. The number of aromatic nitrogens is 1. The predicted molar refractivity (Wildman–Crippen MR) is 89.9 cm³/mol. The van der Waals surface area contributed by atoms with E-state index in [1.54, 1.807) is 12.1 Å². The van der Waals surface area contributed by atoms with E-state index in [0.29, 0.717) is 17.7 Å². The van der Waals surface area contributed by atoms with Crippen molar-refractivity contribution in [2.45, 2.75) is 33.6 Å². The number of amides is 1. The first-order valence-corrected chi connectivity index (χ1v) is 7.63. The predicted octanol–water partition coefficient (Wildman–Crippen LogP) is 2.62. The number of aryl methyl sites for hydroxylation is 1. The highest BCUT2D eigenvalue weighted by Gasteiger charge is 2.34. The Labute approximate surface area is 135 Å². The normalized spacial score (nSPS) is 16.2. The second-order valence-electron chi connectivity index (χ2n) is 7.08. The summed E-state index contributed by atoms with van der Waals surface area (Å²) in [6.45, 7) is 6.16. The van der Waals surface area contributed by atoms with Gasteiger partial charge in [0.1, 0.15) is 0 Å². The van der Waals surface area contributed by atoms with Gasteiger partial charge in [0.25, 0.3) is 5.91 Å². The largest absolute Gasteiger partial charge is 0.398 e. The summed E-state index contributed by atoms with van der Waals surface area (Å²) in [6.07, 6.45) is 3.34. The fourth-order valence-electron chi connectivity index (χ4n) is 3.43. The van der Waals surface area contributed by atoms with Crippen molar-refractivity contribution in [2.75, 3.05) is 5.73 Å². The lowest BCUT2D eigenvalue weighted by atomic mass is 9.75. The molecule has 0 radical (unpaired) electrons. The number of fused-ring (bicyclic) bond motifs is 1. The highest BCUT2D eigenvalue weighted by molar-refractivity contribution is 6.00. The van der Waals surface area contributed by atoms with Gasteiger partial charge in [-0.05, 0) is 42.5 Å². The van der Waals surface area contributed by atoms with Crippen molar-refractivity contribution in [3.8, 4) is 5.69 Å². The fraction of sp³-hybridized carbons (Fsp3) is 0.333. The molecule has 5 heteroatoms. The lowest BCUT2D eigenvalue weighted by Gasteiger charge is -2.30. The minimum atomic E-state index is -0.545. The van der Waals surface area contributed by atoms with E-state index in [2.05, 4.69) is 13.8 Å². The molecular formula is C18H21N3O2. The van der Waals surface area contributed by atoms with Gasteiger partial charge < -0.3 is 16.0 Å². The van der Waals surface area contributed by atoms with Crippen LogP contribution in [0.3, 0.4) is 0 Å². The monoisotopic (exact) mass is 311 g/mol. The molecule has 2 aromatic rings. The van der Waals surface area contributed by atoms with Gasteiger partial charge in [0.2, 0.25) is 0 Å². The Balaban J connectivity index is 2.16. The number of hydrogen-bond acceptors (Lipinski definition) is 3. The number of carbonyl (C=O) groups is 2. The molecule has 0 unspecified atom stereocenters. The average molecular weight is 311 g/mol. The molecule has 3 rings (SSSR count). The van der Waals surface area contributed by atoms with Crippen LogP contribution in [0.25, 0.3) is 5.69 Å². The molecular weight excluding hydrogens is 290 g/mol. The van der Waals surface area contributed by atoms with E-state index < -0.39 is 5.91 Å². The Morgan fingerprint density at radius 2 is 1.96 bits per heavy atom. The summed E-state index contributed by atoms with van der Waals surface area (Å²) in [5.41, 5.74) is 15.5. The second kappa shape index (κ2) is 4.98. The Kier molecular flexibility index (Phi) is 3.32. The summed E-state index contributed by atoms with van der Waals surface area (Å²) < 4.78 is 2.00. The number of rotatable bonds is 2.